The summed E-state index contributed by atoms with van der Waals surface area (Å²) in [5, 5.41) is 0.987. The summed E-state index contributed by atoms with van der Waals surface area (Å²) in [6.07, 6.45) is 9.33. The van der Waals surface area contributed by atoms with Crippen LogP contribution in [0.2, 0.25) is 0 Å². The van der Waals surface area contributed by atoms with Crippen LogP contribution in [0.4, 0.5) is 0 Å². The first-order valence-electron chi connectivity index (χ1n) is 3.77. The van der Waals surface area contributed by atoms with Crippen LogP contribution in [0.15, 0.2) is 23.3 Å². The molecule has 0 radical (unpaired) electrons. The molecule has 0 aliphatic heterocycles. The summed E-state index contributed by atoms with van der Waals surface area (Å²) in [5.41, 5.74) is 0. The second kappa shape index (κ2) is 6.88. The van der Waals surface area contributed by atoms with Gasteiger partial charge in [-0.15, -0.1) is 0 Å². The van der Waals surface area contributed by atoms with E-state index in [1.807, 2.05) is 6.92 Å². The van der Waals surface area contributed by atoms with Crippen molar-refractivity contribution in [3.63, 3.8) is 0 Å². The molecule has 0 heterocycles. The van der Waals surface area contributed by atoms with Crippen LogP contribution in [0.5, 0.6) is 0 Å². The second-order valence-electron chi connectivity index (χ2n) is 2.17. The van der Waals surface area contributed by atoms with Crippen LogP contribution in [-0.2, 0) is 0 Å². The molecule has 0 aromatic carbocycles. The summed E-state index contributed by atoms with van der Waals surface area (Å²) in [4.78, 5) is 0. The first kappa shape index (κ1) is 9.77. The molecule has 58 valence electrons. The summed E-state index contributed by atoms with van der Waals surface area (Å²) < 4.78 is 0. The van der Waals surface area contributed by atoms with Crippen LogP contribution in [0, 0.1) is 0 Å². The summed E-state index contributed by atoms with van der Waals surface area (Å²) in [5.74, 6) is 0. The number of rotatable bonds is 4. The Kier molecular flexibility index (Phi) is 6.73. The molecule has 0 saturated heterocycles. The van der Waals surface area contributed by atoms with Gasteiger partial charge in [0, 0.05) is 5.03 Å². The van der Waals surface area contributed by atoms with Gasteiger partial charge in [-0.2, -0.15) is 0 Å². The topological polar surface area (TPSA) is 0 Å². The molecule has 0 saturated carbocycles. The van der Waals surface area contributed by atoms with E-state index >= 15 is 0 Å². The van der Waals surface area contributed by atoms with Gasteiger partial charge in [-0.05, 0) is 26.2 Å². The highest BCUT2D eigenvalue weighted by atomic mass is 35.5. The minimum absolute atomic E-state index is 0.986. The van der Waals surface area contributed by atoms with E-state index in [-0.39, 0.29) is 0 Å². The van der Waals surface area contributed by atoms with E-state index in [0.717, 1.165) is 24.3 Å². The van der Waals surface area contributed by atoms with Gasteiger partial charge < -0.3 is 0 Å². The van der Waals surface area contributed by atoms with E-state index in [4.69, 9.17) is 11.6 Å². The molecule has 0 amide bonds. The van der Waals surface area contributed by atoms with E-state index in [2.05, 4.69) is 25.2 Å². The van der Waals surface area contributed by atoms with Crippen molar-refractivity contribution in [2.75, 3.05) is 0 Å². The largest absolute Gasteiger partial charge is 0.0917 e. The van der Waals surface area contributed by atoms with E-state index < -0.39 is 0 Å². The molecular weight excluding hydrogens is 144 g/mol. The zero-order valence-corrected chi connectivity index (χ0v) is 7.49. The van der Waals surface area contributed by atoms with Crippen molar-refractivity contribution in [2.45, 2.75) is 33.1 Å². The smallest absolute Gasteiger partial charge is 0.0144 e. The van der Waals surface area contributed by atoms with E-state index in [1.165, 1.54) is 0 Å². The number of allylic oxidation sites excluding steroid dienone is 4. The highest BCUT2D eigenvalue weighted by Crippen LogP contribution is 2.10. The molecule has 10 heavy (non-hydrogen) atoms. The van der Waals surface area contributed by atoms with Crippen molar-refractivity contribution in [3.05, 3.63) is 23.3 Å². The van der Waals surface area contributed by atoms with Crippen molar-refractivity contribution in [1.82, 2.24) is 0 Å². The summed E-state index contributed by atoms with van der Waals surface area (Å²) in [6, 6.07) is 0. The fraction of sp³-hybridized carbons (Fsp3) is 0.556. The van der Waals surface area contributed by atoms with Crippen molar-refractivity contribution in [2.24, 2.45) is 0 Å². The molecule has 0 aromatic rings. The third-order valence-corrected chi connectivity index (χ3v) is 1.55. The van der Waals surface area contributed by atoms with Crippen molar-refractivity contribution < 1.29 is 0 Å². The fourth-order valence-electron chi connectivity index (χ4n) is 0.711. The normalized spacial score (nSPS) is 12.9. The summed E-state index contributed by atoms with van der Waals surface area (Å²) in [7, 11) is 0. The fourth-order valence-corrected chi connectivity index (χ4v) is 0.975. The number of hydrogen-bond acceptors (Lipinski definition) is 0. The molecule has 1 heteroatoms. The monoisotopic (exact) mass is 158 g/mol. The Morgan fingerprint density at radius 3 is 2.70 bits per heavy atom. The molecule has 0 aliphatic rings. The average Bonchev–Trinajstić information content (AvgIpc) is 1.89. The summed E-state index contributed by atoms with van der Waals surface area (Å²) in [6.45, 7) is 4.12. The maximum absolute atomic E-state index is 5.84. The predicted molar refractivity (Wildman–Crippen MR) is 48.3 cm³/mol. The first-order valence-corrected chi connectivity index (χ1v) is 4.14. The lowest BCUT2D eigenvalue weighted by Gasteiger charge is -1.92. The van der Waals surface area contributed by atoms with Gasteiger partial charge in [0.15, 0.2) is 0 Å². The molecule has 0 rings (SSSR count). The van der Waals surface area contributed by atoms with Crippen LogP contribution in [0.25, 0.3) is 0 Å². The van der Waals surface area contributed by atoms with Gasteiger partial charge >= 0.3 is 0 Å². The Morgan fingerprint density at radius 1 is 1.50 bits per heavy atom. The van der Waals surface area contributed by atoms with Gasteiger partial charge in [0.2, 0.25) is 0 Å². The van der Waals surface area contributed by atoms with Crippen LogP contribution in [-0.4, -0.2) is 0 Å². The lowest BCUT2D eigenvalue weighted by Crippen LogP contribution is -1.71. The molecule has 0 aliphatic carbocycles. The highest BCUT2D eigenvalue weighted by Gasteiger charge is 1.87. The molecule has 0 unspecified atom stereocenters. The molecule has 0 nitrogen and oxygen atoms in total. The van der Waals surface area contributed by atoms with E-state index in [0.29, 0.717) is 0 Å². The SMILES string of the molecule is C/C=C\CC/C(Cl)=C\CC. The van der Waals surface area contributed by atoms with Crippen LogP contribution >= 0.6 is 11.6 Å². The van der Waals surface area contributed by atoms with Crippen molar-refractivity contribution >= 4 is 11.6 Å². The number of halogens is 1. The molecular formula is C9H15Cl. The van der Waals surface area contributed by atoms with Gasteiger partial charge in [-0.25, -0.2) is 0 Å². The zero-order valence-electron chi connectivity index (χ0n) is 6.73. The van der Waals surface area contributed by atoms with Gasteiger partial charge in [-0.3, -0.25) is 0 Å². The Balaban J connectivity index is 3.38. The van der Waals surface area contributed by atoms with Gasteiger partial charge in [0.25, 0.3) is 0 Å². The van der Waals surface area contributed by atoms with Gasteiger partial charge in [0.1, 0.15) is 0 Å². The van der Waals surface area contributed by atoms with Crippen molar-refractivity contribution in [3.8, 4) is 0 Å². The Labute approximate surface area is 68.6 Å². The third kappa shape index (κ3) is 5.90. The van der Waals surface area contributed by atoms with Gasteiger partial charge in [0.05, 0.1) is 0 Å². The number of hydrogen-bond donors (Lipinski definition) is 0. The minimum Gasteiger partial charge on any atom is -0.0917 e. The van der Waals surface area contributed by atoms with Crippen LogP contribution in [0.3, 0.4) is 0 Å². The molecule has 0 aromatic heterocycles. The molecule has 0 N–H and O–H groups in total. The third-order valence-electron chi connectivity index (χ3n) is 1.21. The molecule has 0 atom stereocenters. The van der Waals surface area contributed by atoms with Gasteiger partial charge in [-0.1, -0.05) is 36.8 Å². The lowest BCUT2D eigenvalue weighted by atomic mass is 10.2. The Bertz CT molecular complexity index is 123. The molecule has 0 bridgehead atoms. The summed E-state index contributed by atoms with van der Waals surface area (Å²) >= 11 is 5.84. The quantitative estimate of drug-likeness (QED) is 0.545. The maximum Gasteiger partial charge on any atom is 0.0144 e. The highest BCUT2D eigenvalue weighted by molar-refractivity contribution is 6.29. The average molecular weight is 159 g/mol. The van der Waals surface area contributed by atoms with Crippen LogP contribution < -0.4 is 0 Å². The lowest BCUT2D eigenvalue weighted by molar-refractivity contribution is 1.02. The second-order valence-corrected chi connectivity index (χ2v) is 2.65. The van der Waals surface area contributed by atoms with E-state index in [9.17, 15) is 0 Å². The van der Waals surface area contributed by atoms with Crippen molar-refractivity contribution in [1.29, 1.82) is 0 Å². The maximum atomic E-state index is 5.84. The standard InChI is InChI=1S/C9H15Cl/c1-3-5-6-8-9(10)7-4-2/h3,5,7H,4,6,8H2,1-2H3/b5-3-,9-7+. The predicted octanol–water partition coefficient (Wildman–Crippen LogP) is 3.88. The van der Waals surface area contributed by atoms with Crippen LogP contribution in [0.1, 0.15) is 33.1 Å². The zero-order chi connectivity index (χ0) is 7.82. The molecule has 0 spiro atoms. The Hall–Kier alpha value is -0.230. The molecule has 0 fully saturated rings. The first-order chi connectivity index (χ1) is 4.81. The minimum atomic E-state index is 0.986. The Morgan fingerprint density at radius 2 is 2.20 bits per heavy atom. The van der Waals surface area contributed by atoms with E-state index in [1.54, 1.807) is 0 Å².